The third kappa shape index (κ3) is 1.58. The number of nitrogens with two attached hydrogens (primary N) is 1. The van der Waals surface area contributed by atoms with Crippen LogP contribution in [0.3, 0.4) is 0 Å². The Balaban J connectivity index is 2.25. The highest BCUT2D eigenvalue weighted by molar-refractivity contribution is 5.78. The first kappa shape index (κ1) is 10.9. The van der Waals surface area contributed by atoms with Gasteiger partial charge >= 0.3 is 0 Å². The second kappa shape index (κ2) is 4.23. The van der Waals surface area contributed by atoms with Crippen molar-refractivity contribution >= 4 is 16.6 Å². The molecular weight excluding hydrogens is 230 g/mol. The lowest BCUT2D eigenvalue weighted by atomic mass is 10.3. The third-order valence-electron chi connectivity index (χ3n) is 2.96. The average molecular weight is 243 g/mol. The van der Waals surface area contributed by atoms with Crippen molar-refractivity contribution in [3.05, 3.63) is 41.1 Å². The van der Waals surface area contributed by atoms with Gasteiger partial charge in [-0.25, -0.2) is 9.50 Å². The van der Waals surface area contributed by atoms with E-state index in [-0.39, 0.29) is 5.56 Å². The molecule has 3 aromatic heterocycles. The Hall–Kier alpha value is -2.21. The van der Waals surface area contributed by atoms with Crippen LogP contribution in [0.5, 0.6) is 0 Å². The highest BCUT2D eigenvalue weighted by Crippen LogP contribution is 2.10. The van der Waals surface area contributed by atoms with Crippen LogP contribution >= 0.6 is 0 Å². The molecule has 0 saturated carbocycles. The zero-order valence-electron chi connectivity index (χ0n) is 9.78. The van der Waals surface area contributed by atoms with Gasteiger partial charge in [0.15, 0.2) is 5.65 Å². The van der Waals surface area contributed by atoms with Crippen molar-refractivity contribution in [2.45, 2.75) is 13.0 Å². The summed E-state index contributed by atoms with van der Waals surface area (Å²) < 4.78 is 3.33. The van der Waals surface area contributed by atoms with Gasteiger partial charge < -0.3 is 10.3 Å². The zero-order chi connectivity index (χ0) is 12.5. The fourth-order valence-corrected chi connectivity index (χ4v) is 2.04. The fraction of sp³-hybridized carbons (Fsp3) is 0.250. The van der Waals surface area contributed by atoms with E-state index in [4.69, 9.17) is 5.73 Å². The van der Waals surface area contributed by atoms with Crippen LogP contribution in [0.25, 0.3) is 16.6 Å². The summed E-state index contributed by atoms with van der Waals surface area (Å²) in [5, 5.41) is 4.74. The Kier molecular flexibility index (Phi) is 2.56. The summed E-state index contributed by atoms with van der Waals surface area (Å²) in [6.45, 7) is 1.20. The summed E-state index contributed by atoms with van der Waals surface area (Å²) in [5.74, 6) is 0. The molecule has 6 heteroatoms. The predicted octanol–water partition coefficient (Wildman–Crippen LogP) is 0.393. The maximum atomic E-state index is 12.2. The predicted molar refractivity (Wildman–Crippen MR) is 68.4 cm³/mol. The monoisotopic (exact) mass is 243 g/mol. The lowest BCUT2D eigenvalue weighted by Crippen LogP contribution is -2.21. The first-order valence-corrected chi connectivity index (χ1v) is 5.83. The van der Waals surface area contributed by atoms with Gasteiger partial charge in [0.1, 0.15) is 0 Å². The van der Waals surface area contributed by atoms with Gasteiger partial charge in [0.2, 0.25) is 0 Å². The minimum Gasteiger partial charge on any atom is -0.330 e. The Labute approximate surface area is 103 Å². The molecule has 0 aliphatic carbocycles. The molecule has 0 atom stereocenters. The number of aromatic nitrogens is 4. The lowest BCUT2D eigenvalue weighted by Gasteiger charge is -2.06. The minimum atomic E-state index is -0.0501. The molecule has 6 nitrogen and oxygen atoms in total. The fourth-order valence-electron chi connectivity index (χ4n) is 2.04. The number of fused-ring (bicyclic) bond motifs is 3. The van der Waals surface area contributed by atoms with E-state index in [9.17, 15) is 4.79 Å². The first-order chi connectivity index (χ1) is 8.81. The molecular formula is C12H13N5O. The summed E-state index contributed by atoms with van der Waals surface area (Å²) in [6, 6.07) is 3.69. The second-order valence-corrected chi connectivity index (χ2v) is 4.11. The number of nitrogens with zero attached hydrogens (tertiary/aromatic N) is 4. The van der Waals surface area contributed by atoms with Gasteiger partial charge in [0, 0.05) is 25.0 Å². The van der Waals surface area contributed by atoms with E-state index >= 15 is 0 Å². The summed E-state index contributed by atoms with van der Waals surface area (Å²) in [5.41, 5.74) is 6.92. The zero-order valence-corrected chi connectivity index (χ0v) is 9.78. The van der Waals surface area contributed by atoms with E-state index in [2.05, 4.69) is 10.1 Å². The van der Waals surface area contributed by atoms with E-state index in [0.29, 0.717) is 18.5 Å². The smallest absolute Gasteiger partial charge is 0.261 e. The maximum absolute atomic E-state index is 12.2. The van der Waals surface area contributed by atoms with Crippen molar-refractivity contribution in [1.29, 1.82) is 0 Å². The van der Waals surface area contributed by atoms with Crippen LogP contribution in [0.15, 0.2) is 35.5 Å². The quantitative estimate of drug-likeness (QED) is 0.722. The van der Waals surface area contributed by atoms with Crippen LogP contribution in [0.1, 0.15) is 6.42 Å². The van der Waals surface area contributed by atoms with E-state index in [1.807, 2.05) is 6.07 Å². The molecule has 0 unspecified atom stereocenters. The van der Waals surface area contributed by atoms with Gasteiger partial charge in [-0.2, -0.15) is 5.10 Å². The molecule has 3 aromatic rings. The molecule has 0 saturated heterocycles. The van der Waals surface area contributed by atoms with E-state index < -0.39 is 0 Å². The lowest BCUT2D eigenvalue weighted by molar-refractivity contribution is 0.633. The maximum Gasteiger partial charge on any atom is 0.261 e. The largest absolute Gasteiger partial charge is 0.330 e. The Bertz CT molecular complexity index is 758. The number of hydrogen-bond acceptors (Lipinski definition) is 4. The molecule has 3 heterocycles. The standard InChI is InChI=1S/C12H13N5O/c13-4-1-6-16-7-3-10-9(12(16)18)8-14-11-2-5-15-17(10)11/h2-3,5,7-8H,1,4,6,13H2. The molecule has 0 aliphatic heterocycles. The van der Waals surface area contributed by atoms with Crippen LogP contribution in [0.2, 0.25) is 0 Å². The molecule has 0 bridgehead atoms. The number of pyridine rings is 1. The Morgan fingerprint density at radius 3 is 3.06 bits per heavy atom. The molecule has 18 heavy (non-hydrogen) atoms. The minimum absolute atomic E-state index is 0.0501. The molecule has 0 aromatic carbocycles. The van der Waals surface area contributed by atoms with E-state index in [1.54, 1.807) is 33.7 Å². The molecule has 0 radical (unpaired) electrons. The third-order valence-corrected chi connectivity index (χ3v) is 2.96. The molecule has 2 N–H and O–H groups in total. The van der Waals surface area contributed by atoms with Crippen molar-refractivity contribution in [3.63, 3.8) is 0 Å². The van der Waals surface area contributed by atoms with E-state index in [0.717, 1.165) is 17.6 Å². The molecule has 3 rings (SSSR count). The number of rotatable bonds is 3. The van der Waals surface area contributed by atoms with Crippen molar-refractivity contribution < 1.29 is 0 Å². The Morgan fingerprint density at radius 2 is 2.22 bits per heavy atom. The highest BCUT2D eigenvalue weighted by Gasteiger charge is 2.07. The molecule has 0 spiro atoms. The van der Waals surface area contributed by atoms with Crippen LogP contribution < -0.4 is 11.3 Å². The van der Waals surface area contributed by atoms with Gasteiger partial charge in [-0.15, -0.1) is 0 Å². The highest BCUT2D eigenvalue weighted by atomic mass is 16.1. The summed E-state index contributed by atoms with van der Waals surface area (Å²) in [7, 11) is 0. The van der Waals surface area contributed by atoms with Crippen LogP contribution in [-0.4, -0.2) is 25.7 Å². The van der Waals surface area contributed by atoms with Crippen LogP contribution in [0.4, 0.5) is 0 Å². The second-order valence-electron chi connectivity index (χ2n) is 4.11. The van der Waals surface area contributed by atoms with Gasteiger partial charge in [0.25, 0.3) is 5.56 Å². The van der Waals surface area contributed by atoms with Crippen molar-refractivity contribution in [2.24, 2.45) is 5.73 Å². The first-order valence-electron chi connectivity index (χ1n) is 5.83. The van der Waals surface area contributed by atoms with Gasteiger partial charge in [-0.3, -0.25) is 4.79 Å². The van der Waals surface area contributed by atoms with Crippen LogP contribution in [0, 0.1) is 0 Å². The SMILES string of the molecule is NCCCn1ccc2c(cnc3ccnn32)c1=O. The van der Waals surface area contributed by atoms with Gasteiger partial charge in [-0.05, 0) is 19.0 Å². The van der Waals surface area contributed by atoms with Crippen LogP contribution in [-0.2, 0) is 6.54 Å². The summed E-state index contributed by atoms with van der Waals surface area (Å²) in [6.07, 6.45) is 5.83. The average Bonchev–Trinajstić information content (AvgIpc) is 2.86. The van der Waals surface area contributed by atoms with Crippen molar-refractivity contribution in [1.82, 2.24) is 19.2 Å². The van der Waals surface area contributed by atoms with E-state index in [1.165, 1.54) is 0 Å². The van der Waals surface area contributed by atoms with Gasteiger partial charge in [-0.1, -0.05) is 0 Å². The van der Waals surface area contributed by atoms with Crippen molar-refractivity contribution in [3.8, 4) is 0 Å². The summed E-state index contributed by atoms with van der Waals surface area (Å²) >= 11 is 0. The van der Waals surface area contributed by atoms with Gasteiger partial charge in [0.05, 0.1) is 17.1 Å². The molecule has 92 valence electrons. The molecule has 0 amide bonds. The Morgan fingerprint density at radius 1 is 1.33 bits per heavy atom. The molecule has 0 aliphatic rings. The van der Waals surface area contributed by atoms with Crippen molar-refractivity contribution in [2.75, 3.05) is 6.54 Å². The summed E-state index contributed by atoms with van der Waals surface area (Å²) in [4.78, 5) is 16.5. The number of hydrogen-bond donors (Lipinski definition) is 1. The molecule has 0 fully saturated rings. The normalized spacial score (nSPS) is 11.4. The topological polar surface area (TPSA) is 78.2 Å². The number of aryl methyl sites for hydroxylation is 1.